The molecule has 1 unspecified atom stereocenters. The minimum absolute atomic E-state index is 0.0201. The summed E-state index contributed by atoms with van der Waals surface area (Å²) < 4.78 is 11.2. The summed E-state index contributed by atoms with van der Waals surface area (Å²) in [7, 11) is 0. The van der Waals surface area contributed by atoms with Gasteiger partial charge in [0, 0.05) is 0 Å². The molecule has 0 aliphatic heterocycles. The van der Waals surface area contributed by atoms with Crippen LogP contribution in [-0.4, -0.2) is 11.1 Å². The second kappa shape index (κ2) is 5.86. The lowest BCUT2D eigenvalue weighted by molar-refractivity contribution is 0.234. The van der Waals surface area contributed by atoms with Crippen LogP contribution in [0.2, 0.25) is 0 Å². The summed E-state index contributed by atoms with van der Waals surface area (Å²) in [5, 5.41) is 3.27. The van der Waals surface area contributed by atoms with E-state index in [1.54, 1.807) is 6.07 Å². The maximum Gasteiger partial charge on any atom is 0.239 e. The van der Waals surface area contributed by atoms with Crippen molar-refractivity contribution in [1.82, 2.24) is 4.98 Å². The number of nitrogens with two attached hydrogens (primary N) is 1. The Kier molecular flexibility index (Phi) is 4.17. The normalized spacial score (nSPS) is 12.4. The smallest absolute Gasteiger partial charge is 0.239 e. The molecular weight excluding hydrogens is 254 g/mol. The highest BCUT2D eigenvalue weighted by atomic mass is 16.5. The van der Waals surface area contributed by atoms with Crippen molar-refractivity contribution in [2.24, 2.45) is 0 Å². The number of aromatic nitrogens is 1. The van der Waals surface area contributed by atoms with E-state index in [0.717, 1.165) is 11.5 Å². The maximum absolute atomic E-state index is 5.85. The Balaban J connectivity index is 2.13. The number of furan rings is 1. The van der Waals surface area contributed by atoms with Crippen LogP contribution >= 0.6 is 0 Å². The number of anilines is 2. The number of rotatable bonds is 5. The van der Waals surface area contributed by atoms with E-state index in [4.69, 9.17) is 14.9 Å². The second-order valence-corrected chi connectivity index (χ2v) is 5.07. The molecule has 2 rings (SSSR count). The predicted octanol–water partition coefficient (Wildman–Crippen LogP) is 3.53. The van der Waals surface area contributed by atoms with Gasteiger partial charge in [-0.05, 0) is 52.0 Å². The van der Waals surface area contributed by atoms with Crippen LogP contribution in [-0.2, 0) is 0 Å². The highest BCUT2D eigenvalue weighted by Crippen LogP contribution is 2.25. The molecule has 2 aromatic heterocycles. The van der Waals surface area contributed by atoms with Crippen molar-refractivity contribution in [3.8, 4) is 5.88 Å². The van der Waals surface area contributed by atoms with Crippen LogP contribution < -0.4 is 15.8 Å². The molecule has 1 atom stereocenters. The lowest BCUT2D eigenvalue weighted by atomic mass is 10.2. The Labute approximate surface area is 119 Å². The molecule has 0 amide bonds. The summed E-state index contributed by atoms with van der Waals surface area (Å²) in [4.78, 5) is 4.38. The molecule has 0 saturated heterocycles. The lowest BCUT2D eigenvalue weighted by Gasteiger charge is -2.15. The molecule has 0 aliphatic rings. The molecule has 3 N–H and O–H groups in total. The van der Waals surface area contributed by atoms with Crippen LogP contribution in [0.15, 0.2) is 28.7 Å². The molecule has 0 aliphatic carbocycles. The molecule has 2 heterocycles. The molecule has 0 radical (unpaired) electrons. The van der Waals surface area contributed by atoms with Crippen LogP contribution in [0.5, 0.6) is 5.88 Å². The molecule has 0 saturated carbocycles. The number of ether oxygens (including phenoxy) is 1. The fourth-order valence-corrected chi connectivity index (χ4v) is 1.83. The van der Waals surface area contributed by atoms with Gasteiger partial charge in [-0.15, -0.1) is 0 Å². The van der Waals surface area contributed by atoms with Gasteiger partial charge in [0.25, 0.3) is 0 Å². The topological polar surface area (TPSA) is 73.3 Å². The molecule has 0 fully saturated rings. The SMILES string of the molecule is Cc1ccc(C(C)Nc2ccc(N)c(OC(C)C)n2)o1. The van der Waals surface area contributed by atoms with Crippen LogP contribution in [0, 0.1) is 6.92 Å². The van der Waals surface area contributed by atoms with Crippen molar-refractivity contribution >= 4 is 11.5 Å². The first-order chi connectivity index (χ1) is 9.45. The molecule has 0 bridgehead atoms. The van der Waals surface area contributed by atoms with Gasteiger partial charge in [0.1, 0.15) is 17.3 Å². The van der Waals surface area contributed by atoms with Crippen molar-refractivity contribution in [2.75, 3.05) is 11.1 Å². The third-order valence-corrected chi connectivity index (χ3v) is 2.79. The summed E-state index contributed by atoms with van der Waals surface area (Å²) in [5.41, 5.74) is 6.38. The average molecular weight is 275 g/mol. The molecule has 108 valence electrons. The highest BCUT2D eigenvalue weighted by Gasteiger charge is 2.12. The Hall–Kier alpha value is -2.17. The minimum Gasteiger partial charge on any atom is -0.473 e. The highest BCUT2D eigenvalue weighted by molar-refractivity contribution is 5.54. The van der Waals surface area contributed by atoms with Crippen LogP contribution in [0.3, 0.4) is 0 Å². The predicted molar refractivity (Wildman–Crippen MR) is 79.9 cm³/mol. The van der Waals surface area contributed by atoms with E-state index in [-0.39, 0.29) is 12.1 Å². The van der Waals surface area contributed by atoms with E-state index < -0.39 is 0 Å². The number of hydrogen-bond donors (Lipinski definition) is 2. The fourth-order valence-electron chi connectivity index (χ4n) is 1.83. The van der Waals surface area contributed by atoms with Crippen molar-refractivity contribution in [2.45, 2.75) is 39.8 Å². The zero-order valence-electron chi connectivity index (χ0n) is 12.3. The van der Waals surface area contributed by atoms with E-state index in [0.29, 0.717) is 17.4 Å². The zero-order valence-corrected chi connectivity index (χ0v) is 12.3. The Bertz CT molecular complexity index is 578. The van der Waals surface area contributed by atoms with E-state index in [2.05, 4.69) is 10.3 Å². The largest absolute Gasteiger partial charge is 0.473 e. The van der Waals surface area contributed by atoms with Crippen LogP contribution in [0.25, 0.3) is 0 Å². The molecule has 0 aromatic carbocycles. The molecular formula is C15H21N3O2. The van der Waals surface area contributed by atoms with Gasteiger partial charge in [-0.2, -0.15) is 4.98 Å². The van der Waals surface area contributed by atoms with Gasteiger partial charge in [0.15, 0.2) is 0 Å². The Morgan fingerprint density at radius 1 is 1.20 bits per heavy atom. The molecule has 5 heteroatoms. The quantitative estimate of drug-likeness (QED) is 0.873. The monoisotopic (exact) mass is 275 g/mol. The molecule has 2 aromatic rings. The van der Waals surface area contributed by atoms with Crippen LogP contribution in [0.4, 0.5) is 11.5 Å². The standard InChI is InChI=1S/C15H21N3O2/c1-9(2)19-15-12(16)6-8-14(18-15)17-11(4)13-7-5-10(3)20-13/h5-9,11H,16H2,1-4H3,(H,17,18). The number of hydrogen-bond acceptors (Lipinski definition) is 5. The van der Waals surface area contributed by atoms with Gasteiger partial charge in [0.2, 0.25) is 5.88 Å². The molecule has 20 heavy (non-hydrogen) atoms. The Morgan fingerprint density at radius 3 is 2.55 bits per heavy atom. The van der Waals surface area contributed by atoms with Gasteiger partial charge >= 0.3 is 0 Å². The number of nitrogens with one attached hydrogen (secondary N) is 1. The first-order valence-electron chi connectivity index (χ1n) is 6.71. The van der Waals surface area contributed by atoms with Gasteiger partial charge < -0.3 is 20.2 Å². The number of pyridine rings is 1. The first-order valence-corrected chi connectivity index (χ1v) is 6.71. The number of nitrogens with zero attached hydrogens (tertiary/aromatic N) is 1. The van der Waals surface area contributed by atoms with Crippen LogP contribution in [0.1, 0.15) is 38.3 Å². The summed E-state index contributed by atoms with van der Waals surface area (Å²) in [6, 6.07) is 7.53. The summed E-state index contributed by atoms with van der Waals surface area (Å²) in [5.74, 6) is 2.92. The van der Waals surface area contributed by atoms with E-state index >= 15 is 0 Å². The van der Waals surface area contributed by atoms with Gasteiger partial charge in [-0.3, -0.25) is 0 Å². The fraction of sp³-hybridized carbons (Fsp3) is 0.400. The van der Waals surface area contributed by atoms with Gasteiger partial charge in [0.05, 0.1) is 17.8 Å². The van der Waals surface area contributed by atoms with Crippen molar-refractivity contribution in [1.29, 1.82) is 0 Å². The zero-order chi connectivity index (χ0) is 14.7. The molecule has 0 spiro atoms. The van der Waals surface area contributed by atoms with Crippen molar-refractivity contribution in [3.05, 3.63) is 35.8 Å². The van der Waals surface area contributed by atoms with E-state index in [9.17, 15) is 0 Å². The summed E-state index contributed by atoms with van der Waals surface area (Å²) >= 11 is 0. The minimum atomic E-state index is 0.0201. The summed E-state index contributed by atoms with van der Waals surface area (Å²) in [6.07, 6.45) is 0.0326. The molecule has 5 nitrogen and oxygen atoms in total. The van der Waals surface area contributed by atoms with Crippen molar-refractivity contribution < 1.29 is 9.15 Å². The van der Waals surface area contributed by atoms with Gasteiger partial charge in [-0.1, -0.05) is 0 Å². The first kappa shape index (κ1) is 14.2. The Morgan fingerprint density at radius 2 is 1.95 bits per heavy atom. The summed E-state index contributed by atoms with van der Waals surface area (Å²) in [6.45, 7) is 7.82. The van der Waals surface area contributed by atoms with Crippen molar-refractivity contribution in [3.63, 3.8) is 0 Å². The van der Waals surface area contributed by atoms with E-state index in [1.165, 1.54) is 0 Å². The number of aryl methyl sites for hydroxylation is 1. The average Bonchev–Trinajstić information content (AvgIpc) is 2.79. The maximum atomic E-state index is 5.85. The lowest BCUT2D eigenvalue weighted by Crippen LogP contribution is -2.11. The van der Waals surface area contributed by atoms with Gasteiger partial charge in [-0.25, -0.2) is 0 Å². The number of nitrogen functional groups attached to an aromatic ring is 1. The third kappa shape index (κ3) is 3.44. The third-order valence-electron chi connectivity index (χ3n) is 2.79. The second-order valence-electron chi connectivity index (χ2n) is 5.07. The van der Waals surface area contributed by atoms with E-state index in [1.807, 2.05) is 45.9 Å².